The van der Waals surface area contributed by atoms with Gasteiger partial charge in [-0.2, -0.15) is 0 Å². The number of thioether (sulfide) groups is 1. The molecule has 6 nitrogen and oxygen atoms in total. The maximum atomic E-state index is 12.1. The molecule has 1 aromatic carbocycles. The van der Waals surface area contributed by atoms with Crippen molar-refractivity contribution in [3.8, 4) is 0 Å². The highest BCUT2D eigenvalue weighted by Gasteiger charge is 2.28. The maximum absolute atomic E-state index is 12.1. The minimum Gasteiger partial charge on any atom is -0.481 e. The highest BCUT2D eigenvalue weighted by Crippen LogP contribution is 2.31. The first kappa shape index (κ1) is 20.1. The molecule has 0 spiro atoms. The summed E-state index contributed by atoms with van der Waals surface area (Å²) >= 11 is 6.35. The Bertz CT molecular complexity index is 744. The van der Waals surface area contributed by atoms with Gasteiger partial charge in [0.05, 0.1) is 4.91 Å². The van der Waals surface area contributed by atoms with Crippen molar-refractivity contribution in [3.63, 3.8) is 0 Å². The third kappa shape index (κ3) is 5.67. The molecule has 2 rings (SSSR count). The molecular weight excluding hydrogens is 372 g/mol. The van der Waals surface area contributed by atoms with Crippen molar-refractivity contribution in [2.75, 3.05) is 13.6 Å². The van der Waals surface area contributed by atoms with Crippen LogP contribution in [0.3, 0.4) is 0 Å². The monoisotopic (exact) mass is 392 g/mol. The molecule has 1 fully saturated rings. The van der Waals surface area contributed by atoms with E-state index in [1.54, 1.807) is 37.4 Å². The Morgan fingerprint density at radius 1 is 1.23 bits per heavy atom. The Kier molecular flexibility index (Phi) is 7.35. The topological polar surface area (TPSA) is 86.7 Å². The number of hydrogen-bond acceptors (Lipinski definition) is 5. The van der Waals surface area contributed by atoms with Crippen molar-refractivity contribution in [1.29, 1.82) is 0 Å². The van der Waals surface area contributed by atoms with Crippen LogP contribution < -0.4 is 5.32 Å². The lowest BCUT2D eigenvalue weighted by atomic mass is 10.1. The smallest absolute Gasteiger partial charge is 0.303 e. The minimum absolute atomic E-state index is 0.121. The molecule has 138 valence electrons. The fraction of sp³-hybridized carbons (Fsp3) is 0.333. The van der Waals surface area contributed by atoms with Crippen LogP contribution in [0.5, 0.6) is 0 Å². The average molecular weight is 393 g/mol. The van der Waals surface area contributed by atoms with Gasteiger partial charge in [-0.1, -0.05) is 42.5 Å². The van der Waals surface area contributed by atoms with E-state index >= 15 is 0 Å². The van der Waals surface area contributed by atoms with Crippen LogP contribution in [0.1, 0.15) is 41.6 Å². The summed E-state index contributed by atoms with van der Waals surface area (Å²) in [5.41, 5.74) is 1.36. The minimum atomic E-state index is -0.796. The lowest BCUT2D eigenvalue weighted by Crippen LogP contribution is -2.24. The standard InChI is InChI=1S/C18H20N2O4S2/c1-20-17(24)14(26-18(20)25)11-12-6-8-13(9-7-12)16(23)19-10-4-2-3-5-15(21)22/h6-9,11H,2-5,10H2,1H3,(H,19,23)(H,21,22)/b14-11-. The number of unbranched alkanes of at least 4 members (excludes halogenated alkanes) is 2. The first-order valence-corrected chi connectivity index (χ1v) is 9.42. The van der Waals surface area contributed by atoms with Crippen LogP contribution in [0.25, 0.3) is 6.08 Å². The highest BCUT2D eigenvalue weighted by molar-refractivity contribution is 8.26. The normalized spacial score (nSPS) is 15.6. The zero-order valence-electron chi connectivity index (χ0n) is 14.4. The van der Waals surface area contributed by atoms with E-state index in [1.807, 2.05) is 0 Å². The van der Waals surface area contributed by atoms with Crippen molar-refractivity contribution >= 4 is 52.2 Å². The summed E-state index contributed by atoms with van der Waals surface area (Å²) in [5, 5.41) is 11.4. The molecule has 0 saturated carbocycles. The van der Waals surface area contributed by atoms with E-state index in [4.69, 9.17) is 17.3 Å². The second-order valence-electron chi connectivity index (χ2n) is 5.82. The number of rotatable bonds is 8. The molecule has 0 unspecified atom stereocenters. The highest BCUT2D eigenvalue weighted by atomic mass is 32.2. The fourth-order valence-corrected chi connectivity index (χ4v) is 3.49. The summed E-state index contributed by atoms with van der Waals surface area (Å²) in [4.78, 5) is 36.5. The summed E-state index contributed by atoms with van der Waals surface area (Å²) in [6.07, 6.45) is 4.04. The number of benzene rings is 1. The van der Waals surface area contributed by atoms with E-state index in [0.29, 0.717) is 27.8 Å². The average Bonchev–Trinajstić information content (AvgIpc) is 2.85. The first-order chi connectivity index (χ1) is 12.4. The van der Waals surface area contributed by atoms with Gasteiger partial charge in [-0.05, 0) is 36.6 Å². The molecule has 8 heteroatoms. The SMILES string of the molecule is CN1C(=O)/C(=C/c2ccc(C(=O)NCCCCCC(=O)O)cc2)SC1=S. The van der Waals surface area contributed by atoms with Crippen molar-refractivity contribution in [1.82, 2.24) is 10.2 Å². The van der Waals surface area contributed by atoms with Gasteiger partial charge in [0, 0.05) is 25.6 Å². The second-order valence-corrected chi connectivity index (χ2v) is 7.50. The van der Waals surface area contributed by atoms with Crippen molar-refractivity contribution in [2.24, 2.45) is 0 Å². The van der Waals surface area contributed by atoms with E-state index in [0.717, 1.165) is 18.4 Å². The summed E-state index contributed by atoms with van der Waals surface area (Å²) < 4.78 is 0.528. The molecule has 1 aliphatic rings. The molecule has 0 aliphatic carbocycles. The molecule has 1 aliphatic heterocycles. The van der Waals surface area contributed by atoms with Crippen LogP contribution in [0.4, 0.5) is 0 Å². The quantitative estimate of drug-likeness (QED) is 0.402. The molecule has 0 bridgehead atoms. The van der Waals surface area contributed by atoms with Gasteiger partial charge in [-0.25, -0.2) is 0 Å². The number of hydrogen-bond donors (Lipinski definition) is 2. The number of nitrogens with one attached hydrogen (secondary N) is 1. The Morgan fingerprint density at radius 2 is 1.92 bits per heavy atom. The number of nitrogens with zero attached hydrogens (tertiary/aromatic N) is 1. The number of likely N-dealkylation sites (N-methyl/N-ethyl adjacent to an activating group) is 1. The Balaban J connectivity index is 1.83. The van der Waals surface area contributed by atoms with Gasteiger partial charge in [0.2, 0.25) is 0 Å². The third-order valence-electron chi connectivity index (χ3n) is 3.81. The van der Waals surface area contributed by atoms with Crippen LogP contribution >= 0.6 is 24.0 Å². The number of amides is 2. The number of carbonyl (C=O) groups is 3. The van der Waals surface area contributed by atoms with E-state index in [2.05, 4.69) is 5.32 Å². The van der Waals surface area contributed by atoms with Crippen molar-refractivity contribution in [2.45, 2.75) is 25.7 Å². The van der Waals surface area contributed by atoms with Crippen LogP contribution in [-0.4, -0.2) is 45.7 Å². The molecule has 1 saturated heterocycles. The summed E-state index contributed by atoms with van der Waals surface area (Å²) in [6.45, 7) is 0.513. The summed E-state index contributed by atoms with van der Waals surface area (Å²) in [6, 6.07) is 6.98. The Morgan fingerprint density at radius 3 is 2.50 bits per heavy atom. The molecular formula is C18H20N2O4S2. The molecule has 26 heavy (non-hydrogen) atoms. The zero-order chi connectivity index (χ0) is 19.1. The van der Waals surface area contributed by atoms with E-state index in [1.165, 1.54) is 16.7 Å². The maximum Gasteiger partial charge on any atom is 0.303 e. The van der Waals surface area contributed by atoms with E-state index in [9.17, 15) is 14.4 Å². The molecule has 2 N–H and O–H groups in total. The van der Waals surface area contributed by atoms with Crippen LogP contribution in [0.15, 0.2) is 29.2 Å². The Labute approximate surface area is 161 Å². The number of aliphatic carboxylic acids is 1. The predicted octanol–water partition coefficient (Wildman–Crippen LogP) is 2.89. The second kappa shape index (κ2) is 9.49. The van der Waals surface area contributed by atoms with Gasteiger partial charge >= 0.3 is 5.97 Å². The molecule has 0 radical (unpaired) electrons. The molecule has 1 aromatic rings. The number of carboxylic acid groups (broad SMARTS) is 1. The Hall–Kier alpha value is -2.19. The van der Waals surface area contributed by atoms with Crippen LogP contribution in [0, 0.1) is 0 Å². The summed E-state index contributed by atoms with van der Waals surface area (Å²) in [5.74, 6) is -1.09. The first-order valence-electron chi connectivity index (χ1n) is 8.20. The lowest BCUT2D eigenvalue weighted by molar-refractivity contribution is -0.137. The zero-order valence-corrected chi connectivity index (χ0v) is 16.0. The van der Waals surface area contributed by atoms with E-state index in [-0.39, 0.29) is 18.2 Å². The largest absolute Gasteiger partial charge is 0.481 e. The van der Waals surface area contributed by atoms with Gasteiger partial charge in [-0.3, -0.25) is 19.3 Å². The van der Waals surface area contributed by atoms with Gasteiger partial charge < -0.3 is 10.4 Å². The van der Waals surface area contributed by atoms with Crippen LogP contribution in [0.2, 0.25) is 0 Å². The fourth-order valence-electron chi connectivity index (χ4n) is 2.31. The molecule has 1 heterocycles. The number of thiocarbonyl (C=S) groups is 1. The number of carboxylic acids is 1. The van der Waals surface area contributed by atoms with E-state index < -0.39 is 5.97 Å². The third-order valence-corrected chi connectivity index (χ3v) is 5.29. The molecule has 0 atom stereocenters. The van der Waals surface area contributed by atoms with Gasteiger partial charge in [0.25, 0.3) is 11.8 Å². The predicted molar refractivity (Wildman–Crippen MR) is 106 cm³/mol. The van der Waals surface area contributed by atoms with Gasteiger partial charge in [0.1, 0.15) is 4.32 Å². The van der Waals surface area contributed by atoms with Crippen molar-refractivity contribution in [3.05, 3.63) is 40.3 Å². The van der Waals surface area contributed by atoms with Gasteiger partial charge in [-0.15, -0.1) is 0 Å². The number of carbonyl (C=O) groups excluding carboxylic acids is 2. The molecule has 2 amide bonds. The van der Waals surface area contributed by atoms with Crippen LogP contribution in [-0.2, 0) is 9.59 Å². The summed E-state index contributed by atoms with van der Waals surface area (Å²) in [7, 11) is 1.65. The molecule has 0 aromatic heterocycles. The lowest BCUT2D eigenvalue weighted by Gasteiger charge is -2.05. The van der Waals surface area contributed by atoms with Gasteiger partial charge in [0.15, 0.2) is 0 Å². The van der Waals surface area contributed by atoms with Crippen molar-refractivity contribution < 1.29 is 19.5 Å².